The number of nitrogens with zero attached hydrogens (tertiary/aromatic N) is 1. The Labute approximate surface area is 208 Å². The smallest absolute Gasteiger partial charge is 0.254 e. The molecule has 182 valence electrons. The second kappa shape index (κ2) is 13.4. The molecule has 0 aliphatic carbocycles. The Hall–Kier alpha value is -3.27. The molecule has 2 aromatic carbocycles. The average Bonchev–Trinajstić information content (AvgIpc) is 2.80. The monoisotopic (exact) mass is 512 g/mol. The maximum Gasteiger partial charge on any atom is 0.254 e. The van der Waals surface area contributed by atoms with Gasteiger partial charge in [-0.15, -0.1) is 24.8 Å². The van der Waals surface area contributed by atoms with Gasteiger partial charge in [0, 0.05) is 25.4 Å². The van der Waals surface area contributed by atoms with E-state index in [-0.39, 0.29) is 49.6 Å². The topological polar surface area (TPSA) is 110 Å². The second-order valence-electron chi connectivity index (χ2n) is 6.83. The summed E-state index contributed by atoms with van der Waals surface area (Å²) in [5, 5.41) is 9.99. The van der Waals surface area contributed by atoms with Gasteiger partial charge >= 0.3 is 0 Å². The molecule has 4 N–H and O–H groups in total. The number of hydrogen-bond acceptors (Lipinski definition) is 5. The van der Waals surface area contributed by atoms with E-state index in [1.807, 2.05) is 0 Å². The second-order valence-corrected chi connectivity index (χ2v) is 6.83. The van der Waals surface area contributed by atoms with Gasteiger partial charge in [0.1, 0.15) is 18.3 Å². The Balaban J connectivity index is 0.00000289. The van der Waals surface area contributed by atoms with Gasteiger partial charge in [0.15, 0.2) is 17.7 Å². The molecular weight excluding hydrogens is 489 g/mol. The number of methoxy groups -OCH3 is 1. The molecule has 1 aromatic heterocycles. The molecule has 1 unspecified atom stereocenters. The number of pyridine rings is 1. The molecular formula is C23H24Cl2F2N4O3. The third-order valence-electron chi connectivity index (χ3n) is 4.66. The van der Waals surface area contributed by atoms with Gasteiger partial charge in [-0.05, 0) is 29.8 Å². The number of halogens is 4. The molecule has 0 fully saturated rings. The first kappa shape index (κ1) is 28.8. The lowest BCUT2D eigenvalue weighted by Crippen LogP contribution is -2.31. The molecule has 7 nitrogen and oxygen atoms in total. The van der Waals surface area contributed by atoms with Crippen molar-refractivity contribution in [3.63, 3.8) is 0 Å². The van der Waals surface area contributed by atoms with Crippen LogP contribution in [0.1, 0.15) is 28.5 Å². The summed E-state index contributed by atoms with van der Waals surface area (Å²) in [6, 6.07) is 14.0. The van der Waals surface area contributed by atoms with Crippen LogP contribution in [0.3, 0.4) is 0 Å². The number of benzene rings is 2. The maximum atomic E-state index is 15.0. The van der Waals surface area contributed by atoms with Crippen molar-refractivity contribution >= 4 is 36.6 Å². The first-order valence-electron chi connectivity index (χ1n) is 9.65. The van der Waals surface area contributed by atoms with Gasteiger partial charge < -0.3 is 20.5 Å². The van der Waals surface area contributed by atoms with Gasteiger partial charge in [-0.3, -0.25) is 15.2 Å². The van der Waals surface area contributed by atoms with Crippen LogP contribution in [-0.2, 0) is 22.7 Å². The number of carbonyl (C=O) groups is 1. The van der Waals surface area contributed by atoms with Crippen molar-refractivity contribution in [2.75, 3.05) is 7.11 Å². The fourth-order valence-corrected chi connectivity index (χ4v) is 2.98. The number of nitrogens with two attached hydrogens (primary N) is 1. The number of nitrogens with one attached hydrogen (secondary N) is 2. The number of amidine groups is 1. The summed E-state index contributed by atoms with van der Waals surface area (Å²) in [6.07, 6.45) is 0.0503. The third kappa shape index (κ3) is 7.11. The Morgan fingerprint density at radius 2 is 1.82 bits per heavy atom. The van der Waals surface area contributed by atoms with E-state index >= 15 is 4.39 Å². The van der Waals surface area contributed by atoms with Gasteiger partial charge in [-0.1, -0.05) is 30.3 Å². The van der Waals surface area contributed by atoms with Crippen molar-refractivity contribution in [3.05, 3.63) is 94.8 Å². The molecule has 0 saturated carbocycles. The Morgan fingerprint density at radius 3 is 2.41 bits per heavy atom. The molecule has 0 aliphatic rings. The van der Waals surface area contributed by atoms with Crippen molar-refractivity contribution in [2.45, 2.75) is 19.3 Å². The third-order valence-corrected chi connectivity index (χ3v) is 4.66. The van der Waals surface area contributed by atoms with Crippen molar-refractivity contribution in [1.29, 1.82) is 5.41 Å². The summed E-state index contributed by atoms with van der Waals surface area (Å²) in [7, 11) is 1.19. The van der Waals surface area contributed by atoms with Crippen molar-refractivity contribution < 1.29 is 23.0 Å². The van der Waals surface area contributed by atoms with E-state index < -0.39 is 29.2 Å². The van der Waals surface area contributed by atoms with Crippen LogP contribution >= 0.6 is 24.8 Å². The fraction of sp³-hybridized carbons (Fsp3) is 0.174. The Kier molecular flexibility index (Phi) is 11.4. The number of nitrogen functional groups attached to an aromatic ring is 1. The Bertz CT molecular complexity index is 1100. The lowest BCUT2D eigenvalue weighted by Gasteiger charge is -2.18. The van der Waals surface area contributed by atoms with Crippen LogP contribution in [0.25, 0.3) is 0 Å². The SMILES string of the molecule is COC(C(=O)NCc1ccc(C(=N)N)cc1)c1c(F)ccc(OCc2ccccn2)c1F.Cl.Cl. The average molecular weight is 513 g/mol. The van der Waals surface area contributed by atoms with Crippen LogP contribution in [0.5, 0.6) is 5.75 Å². The van der Waals surface area contributed by atoms with Crippen LogP contribution < -0.4 is 15.8 Å². The molecule has 0 aliphatic heterocycles. The van der Waals surface area contributed by atoms with Gasteiger partial charge in [0.2, 0.25) is 0 Å². The van der Waals surface area contributed by atoms with Crippen molar-refractivity contribution in [2.24, 2.45) is 5.73 Å². The minimum atomic E-state index is -1.52. The van der Waals surface area contributed by atoms with Gasteiger partial charge in [-0.25, -0.2) is 8.78 Å². The summed E-state index contributed by atoms with van der Waals surface area (Å²) >= 11 is 0. The molecule has 1 heterocycles. The van der Waals surface area contributed by atoms with Gasteiger partial charge in [0.25, 0.3) is 5.91 Å². The van der Waals surface area contributed by atoms with Crippen LogP contribution in [0.4, 0.5) is 8.78 Å². The maximum absolute atomic E-state index is 15.0. The van der Waals surface area contributed by atoms with Crippen LogP contribution in [-0.4, -0.2) is 23.8 Å². The lowest BCUT2D eigenvalue weighted by atomic mass is 10.1. The highest BCUT2D eigenvalue weighted by Crippen LogP contribution is 2.30. The first-order valence-corrected chi connectivity index (χ1v) is 9.65. The molecule has 11 heteroatoms. The number of ether oxygens (including phenoxy) is 2. The molecule has 34 heavy (non-hydrogen) atoms. The van der Waals surface area contributed by atoms with Crippen LogP contribution in [0, 0.1) is 17.0 Å². The lowest BCUT2D eigenvalue weighted by molar-refractivity contribution is -0.131. The summed E-state index contributed by atoms with van der Waals surface area (Å²) in [6.45, 7) is 0.0684. The zero-order valence-electron chi connectivity index (χ0n) is 18.1. The normalized spacial score (nSPS) is 10.9. The van der Waals surface area contributed by atoms with Gasteiger partial charge in [0.05, 0.1) is 11.3 Å². The molecule has 3 rings (SSSR count). The van der Waals surface area contributed by atoms with Crippen LogP contribution in [0.15, 0.2) is 60.8 Å². The zero-order valence-corrected chi connectivity index (χ0v) is 19.7. The number of hydrogen-bond donors (Lipinski definition) is 3. The number of carbonyl (C=O) groups excluding carboxylic acids is 1. The zero-order chi connectivity index (χ0) is 23.1. The summed E-state index contributed by atoms with van der Waals surface area (Å²) < 4.78 is 40.1. The van der Waals surface area contributed by atoms with E-state index in [1.165, 1.54) is 7.11 Å². The highest BCUT2D eigenvalue weighted by molar-refractivity contribution is 5.94. The summed E-state index contributed by atoms with van der Waals surface area (Å²) in [5.41, 5.74) is 6.69. The van der Waals surface area contributed by atoms with E-state index in [9.17, 15) is 9.18 Å². The standard InChI is InChI=1S/C23H22F2N4O3.2ClH/c1-31-21(23(30)29-12-14-5-7-15(8-6-14)22(26)27)19-17(24)9-10-18(20(19)25)32-13-16-4-2-3-11-28-16;;/h2-11,21H,12-13H2,1H3,(H3,26,27)(H,29,30);2*1H. The van der Waals surface area contributed by atoms with Crippen molar-refractivity contribution in [3.8, 4) is 5.75 Å². The van der Waals surface area contributed by atoms with Crippen LogP contribution in [0.2, 0.25) is 0 Å². The quantitative estimate of drug-likeness (QED) is 0.295. The number of aromatic nitrogens is 1. The molecule has 1 atom stereocenters. The highest BCUT2D eigenvalue weighted by atomic mass is 35.5. The molecule has 1 amide bonds. The van der Waals surface area contributed by atoms with E-state index in [2.05, 4.69) is 10.3 Å². The molecule has 0 bridgehead atoms. The largest absolute Gasteiger partial charge is 0.484 e. The number of rotatable bonds is 9. The Morgan fingerprint density at radius 1 is 1.12 bits per heavy atom. The van der Waals surface area contributed by atoms with E-state index in [1.54, 1.807) is 48.7 Å². The van der Waals surface area contributed by atoms with E-state index in [4.69, 9.17) is 20.6 Å². The fourth-order valence-electron chi connectivity index (χ4n) is 2.98. The van der Waals surface area contributed by atoms with E-state index in [0.29, 0.717) is 16.8 Å². The predicted octanol–water partition coefficient (Wildman–Crippen LogP) is 4.07. The minimum absolute atomic E-state index is 0. The summed E-state index contributed by atoms with van der Waals surface area (Å²) in [4.78, 5) is 16.7. The highest BCUT2D eigenvalue weighted by Gasteiger charge is 2.29. The summed E-state index contributed by atoms with van der Waals surface area (Å²) in [5.74, 6) is -2.96. The molecule has 3 aromatic rings. The van der Waals surface area contributed by atoms with Gasteiger partial charge in [-0.2, -0.15) is 0 Å². The first-order chi connectivity index (χ1) is 15.4. The number of amides is 1. The van der Waals surface area contributed by atoms with Crippen molar-refractivity contribution in [1.82, 2.24) is 10.3 Å². The predicted molar refractivity (Wildman–Crippen MR) is 128 cm³/mol. The molecule has 0 saturated heterocycles. The van der Waals surface area contributed by atoms with E-state index in [0.717, 1.165) is 12.1 Å². The minimum Gasteiger partial charge on any atom is -0.484 e. The molecule has 0 spiro atoms. The molecule has 0 radical (unpaired) electrons.